The summed E-state index contributed by atoms with van der Waals surface area (Å²) in [6.45, 7) is 1.76. The molecule has 522 valence electrons. The summed E-state index contributed by atoms with van der Waals surface area (Å²) in [6, 6.07) is -0.883. The molecule has 3 fully saturated rings. The fourth-order valence-corrected chi connectivity index (χ4v) is 12.1. The molecule has 3 rings (SSSR count). The summed E-state index contributed by atoms with van der Waals surface area (Å²) in [4.78, 5) is 13.4. The van der Waals surface area contributed by atoms with Gasteiger partial charge in [0.05, 0.1) is 38.6 Å². The molecule has 0 bridgehead atoms. The zero-order chi connectivity index (χ0) is 64.7. The molecule has 3 aliphatic heterocycles. The molecule has 0 aliphatic carbocycles. The number of amides is 1. The van der Waals surface area contributed by atoms with E-state index in [1.165, 1.54) is 180 Å². The fraction of sp³-hybridized carbons (Fsp3) is 0.900. The van der Waals surface area contributed by atoms with Gasteiger partial charge in [-0.1, -0.05) is 249 Å². The van der Waals surface area contributed by atoms with Gasteiger partial charge in [-0.15, -0.1) is 0 Å². The molecule has 19 nitrogen and oxygen atoms in total. The van der Waals surface area contributed by atoms with Crippen LogP contribution in [0.25, 0.3) is 0 Å². The number of unbranched alkanes of at least 4 members (excludes halogenated alkanes) is 33. The van der Waals surface area contributed by atoms with Crippen LogP contribution in [-0.4, -0.2) is 193 Å². The molecule has 3 aliphatic rings. The second kappa shape index (κ2) is 52.3. The molecule has 0 spiro atoms. The van der Waals surface area contributed by atoms with Crippen LogP contribution in [0.4, 0.5) is 0 Å². The Kier molecular flexibility index (Phi) is 47.7. The standard InChI is InChI=1S/C70H129NO18/c1-3-5-7-9-11-13-14-15-16-17-18-19-20-21-22-23-24-25-26-27-28-29-30-31-32-33-34-35-36-37-38-40-42-44-46-48-58(76)71-53(54(75)47-45-43-41-39-12-10-8-6-4-2)52-84-68-64(82)61(79)66(56(50-73)86-68)89-70-65(83)62(80)67(57(51-74)87-70)88-69-63(81)60(78)59(77)55(49-72)85-69/h14-15,17-18,20-21,53-57,59-70,72-75,77-83H,3-13,16,19,22-52H2,1-2H3,(H,71,76)/b15-14-,18-17-,21-20-. The number of nitrogens with one attached hydrogen (secondary N) is 1. The molecule has 0 saturated carbocycles. The van der Waals surface area contributed by atoms with Gasteiger partial charge in [0.1, 0.15) is 73.2 Å². The predicted molar refractivity (Wildman–Crippen MR) is 346 cm³/mol. The summed E-state index contributed by atoms with van der Waals surface area (Å²) >= 11 is 0. The normalized spacial score (nSPS) is 28.4. The van der Waals surface area contributed by atoms with Crippen LogP contribution in [0.3, 0.4) is 0 Å². The van der Waals surface area contributed by atoms with Gasteiger partial charge in [0.2, 0.25) is 5.91 Å². The first kappa shape index (κ1) is 81.2. The van der Waals surface area contributed by atoms with E-state index in [9.17, 15) is 61.0 Å². The van der Waals surface area contributed by atoms with E-state index in [-0.39, 0.29) is 18.9 Å². The van der Waals surface area contributed by atoms with Crippen molar-refractivity contribution in [1.29, 1.82) is 0 Å². The van der Waals surface area contributed by atoms with Crippen LogP contribution in [0.5, 0.6) is 0 Å². The number of aliphatic hydroxyl groups excluding tert-OH is 11. The Labute approximate surface area is 536 Å². The topological polar surface area (TPSA) is 307 Å². The predicted octanol–water partition coefficient (Wildman–Crippen LogP) is 9.61. The lowest BCUT2D eigenvalue weighted by molar-refractivity contribution is -0.379. The van der Waals surface area contributed by atoms with E-state index in [0.29, 0.717) is 12.8 Å². The maximum atomic E-state index is 13.4. The lowest BCUT2D eigenvalue weighted by Crippen LogP contribution is -2.66. The van der Waals surface area contributed by atoms with Crippen molar-refractivity contribution >= 4 is 5.91 Å². The van der Waals surface area contributed by atoms with Gasteiger partial charge in [-0.3, -0.25) is 4.79 Å². The number of aliphatic hydroxyl groups is 11. The maximum Gasteiger partial charge on any atom is 0.220 e. The van der Waals surface area contributed by atoms with E-state index in [4.69, 9.17) is 28.4 Å². The Morgan fingerprint density at radius 2 is 0.742 bits per heavy atom. The third-order valence-corrected chi connectivity index (χ3v) is 18.0. The van der Waals surface area contributed by atoms with Crippen molar-refractivity contribution in [1.82, 2.24) is 5.32 Å². The average Bonchev–Trinajstić information content (AvgIpc) is 1.40. The third-order valence-electron chi connectivity index (χ3n) is 18.0. The number of hydrogen-bond donors (Lipinski definition) is 12. The summed E-state index contributed by atoms with van der Waals surface area (Å²) in [7, 11) is 0. The molecule has 17 atom stereocenters. The molecule has 19 heteroatoms. The Morgan fingerprint density at radius 3 is 1.16 bits per heavy atom. The van der Waals surface area contributed by atoms with E-state index >= 15 is 0 Å². The van der Waals surface area contributed by atoms with Gasteiger partial charge in [-0.2, -0.15) is 0 Å². The molecule has 0 aromatic carbocycles. The largest absolute Gasteiger partial charge is 0.394 e. The van der Waals surface area contributed by atoms with Gasteiger partial charge in [-0.25, -0.2) is 0 Å². The van der Waals surface area contributed by atoms with E-state index in [1.54, 1.807) is 0 Å². The smallest absolute Gasteiger partial charge is 0.220 e. The van der Waals surface area contributed by atoms with Crippen molar-refractivity contribution < 1.29 is 89.4 Å². The highest BCUT2D eigenvalue weighted by Crippen LogP contribution is 2.33. The maximum absolute atomic E-state index is 13.4. The zero-order valence-electron chi connectivity index (χ0n) is 55.2. The van der Waals surface area contributed by atoms with E-state index < -0.39 is 124 Å². The van der Waals surface area contributed by atoms with Crippen LogP contribution in [0.1, 0.15) is 271 Å². The number of ether oxygens (including phenoxy) is 6. The molecule has 12 N–H and O–H groups in total. The second-order valence-electron chi connectivity index (χ2n) is 25.7. The van der Waals surface area contributed by atoms with Crippen molar-refractivity contribution in [3.8, 4) is 0 Å². The Bertz CT molecular complexity index is 1760. The van der Waals surface area contributed by atoms with Crippen molar-refractivity contribution in [3.63, 3.8) is 0 Å². The SMILES string of the molecule is CCCCCCC/C=C\C/C=C\C/C=C\CCCCCCCCCCCCCCCCCCCCCCC(=O)NC(COC1OC(CO)C(OC2OC(CO)C(OC3OC(CO)C(O)C(O)C3O)C(O)C2O)C(O)C1O)C(O)CCCCCCCCCCC. The summed E-state index contributed by atoms with van der Waals surface area (Å²) in [5, 5.41) is 120. The summed E-state index contributed by atoms with van der Waals surface area (Å²) in [5.41, 5.74) is 0. The number of rotatable bonds is 55. The molecular weight excluding hydrogens is 1140 g/mol. The van der Waals surface area contributed by atoms with Gasteiger partial charge >= 0.3 is 0 Å². The van der Waals surface area contributed by atoms with Gasteiger partial charge in [0, 0.05) is 6.42 Å². The van der Waals surface area contributed by atoms with Crippen LogP contribution in [0.15, 0.2) is 36.5 Å². The minimum Gasteiger partial charge on any atom is -0.394 e. The number of allylic oxidation sites excluding steroid dienone is 6. The minimum absolute atomic E-state index is 0.242. The highest BCUT2D eigenvalue weighted by atomic mass is 16.8. The molecule has 89 heavy (non-hydrogen) atoms. The summed E-state index contributed by atoms with van der Waals surface area (Å²) < 4.78 is 34.3. The monoisotopic (exact) mass is 1270 g/mol. The Balaban J connectivity index is 1.29. The Hall–Kier alpha value is -1.99. The van der Waals surface area contributed by atoms with Crippen LogP contribution in [-0.2, 0) is 33.2 Å². The molecular formula is C70H129NO18. The average molecular weight is 1270 g/mol. The van der Waals surface area contributed by atoms with Crippen molar-refractivity contribution in [3.05, 3.63) is 36.5 Å². The lowest BCUT2D eigenvalue weighted by Gasteiger charge is -2.48. The lowest BCUT2D eigenvalue weighted by atomic mass is 9.96. The number of carbonyl (C=O) groups excluding carboxylic acids is 1. The van der Waals surface area contributed by atoms with E-state index in [0.717, 1.165) is 57.8 Å². The van der Waals surface area contributed by atoms with Crippen LogP contribution in [0, 0.1) is 0 Å². The summed E-state index contributed by atoms with van der Waals surface area (Å²) in [5.74, 6) is -0.242. The highest BCUT2D eigenvalue weighted by molar-refractivity contribution is 5.76. The van der Waals surface area contributed by atoms with Crippen molar-refractivity contribution in [2.24, 2.45) is 0 Å². The van der Waals surface area contributed by atoms with Crippen molar-refractivity contribution in [2.45, 2.75) is 375 Å². The molecule has 0 aromatic heterocycles. The molecule has 0 radical (unpaired) electrons. The minimum atomic E-state index is -1.97. The zero-order valence-corrected chi connectivity index (χ0v) is 55.2. The van der Waals surface area contributed by atoms with Crippen LogP contribution in [0.2, 0.25) is 0 Å². The molecule has 17 unspecified atom stereocenters. The quantitative estimate of drug-likeness (QED) is 0.0199. The fourth-order valence-electron chi connectivity index (χ4n) is 12.1. The van der Waals surface area contributed by atoms with Gasteiger partial charge in [-0.05, 0) is 51.4 Å². The molecule has 1 amide bonds. The molecule has 3 heterocycles. The van der Waals surface area contributed by atoms with Crippen molar-refractivity contribution in [2.75, 3.05) is 26.4 Å². The first-order valence-corrected chi connectivity index (χ1v) is 35.7. The van der Waals surface area contributed by atoms with E-state index in [1.807, 2.05) is 0 Å². The first-order valence-electron chi connectivity index (χ1n) is 35.7. The number of hydrogen-bond acceptors (Lipinski definition) is 18. The van der Waals surface area contributed by atoms with Gasteiger partial charge in [0.15, 0.2) is 18.9 Å². The van der Waals surface area contributed by atoms with E-state index in [2.05, 4.69) is 55.6 Å². The summed E-state index contributed by atoms with van der Waals surface area (Å²) in [6.07, 6.45) is 34.2. The second-order valence-corrected chi connectivity index (χ2v) is 25.7. The van der Waals surface area contributed by atoms with Crippen LogP contribution >= 0.6 is 0 Å². The van der Waals surface area contributed by atoms with Gasteiger partial charge in [0.25, 0.3) is 0 Å². The highest BCUT2D eigenvalue weighted by Gasteiger charge is 2.53. The van der Waals surface area contributed by atoms with Gasteiger partial charge < -0.3 is 89.9 Å². The Morgan fingerprint density at radius 1 is 0.404 bits per heavy atom. The molecule has 3 saturated heterocycles. The third kappa shape index (κ3) is 34.3. The number of carbonyl (C=O) groups is 1. The molecule has 0 aromatic rings. The van der Waals surface area contributed by atoms with Crippen LogP contribution < -0.4 is 5.32 Å². The first-order chi connectivity index (χ1) is 43.3.